The highest BCUT2D eigenvalue weighted by atomic mass is 35.5. The highest BCUT2D eigenvalue weighted by Gasteiger charge is 2.08. The number of hydrogen-bond acceptors (Lipinski definition) is 3. The average Bonchev–Trinajstić information content (AvgIpc) is 2.49. The fraction of sp³-hybridized carbons (Fsp3) is 0.188. The van der Waals surface area contributed by atoms with Crippen LogP contribution in [0, 0.1) is 6.92 Å². The maximum atomic E-state index is 6.12. The van der Waals surface area contributed by atoms with Gasteiger partial charge in [0, 0.05) is 6.21 Å². The van der Waals surface area contributed by atoms with E-state index in [0.717, 1.165) is 11.1 Å². The van der Waals surface area contributed by atoms with E-state index in [1.807, 2.05) is 25.1 Å². The molecule has 0 aliphatic rings. The first kappa shape index (κ1) is 15.7. The van der Waals surface area contributed by atoms with Crippen molar-refractivity contribution >= 4 is 35.1 Å². The first-order chi connectivity index (χ1) is 10.1. The summed E-state index contributed by atoms with van der Waals surface area (Å²) in [5.41, 5.74) is 2.57. The zero-order valence-electron chi connectivity index (χ0n) is 12.0. The summed E-state index contributed by atoms with van der Waals surface area (Å²) >= 11 is 12.1. The van der Waals surface area contributed by atoms with Gasteiger partial charge in [-0.05, 0) is 42.3 Å². The second kappa shape index (κ2) is 6.83. The van der Waals surface area contributed by atoms with E-state index >= 15 is 0 Å². The molecule has 0 amide bonds. The number of rotatable bonds is 4. The van der Waals surface area contributed by atoms with Crippen molar-refractivity contribution in [1.82, 2.24) is 0 Å². The molecule has 2 aromatic carbocycles. The molecule has 0 saturated heterocycles. The summed E-state index contributed by atoms with van der Waals surface area (Å²) in [5.74, 6) is 1.34. The summed E-state index contributed by atoms with van der Waals surface area (Å²) in [6.45, 7) is 1.98. The number of aliphatic imine (C=N–C) groups is 1. The van der Waals surface area contributed by atoms with Crippen molar-refractivity contribution in [1.29, 1.82) is 0 Å². The van der Waals surface area contributed by atoms with E-state index in [-0.39, 0.29) is 0 Å². The maximum Gasteiger partial charge on any atom is 0.161 e. The predicted octanol–water partition coefficient (Wildman–Crippen LogP) is 5.07. The number of hydrogen-bond donors (Lipinski definition) is 0. The molecule has 0 saturated carbocycles. The minimum Gasteiger partial charge on any atom is -0.493 e. The zero-order chi connectivity index (χ0) is 15.4. The van der Waals surface area contributed by atoms with Gasteiger partial charge in [0.05, 0.1) is 30.0 Å². The van der Waals surface area contributed by atoms with Gasteiger partial charge in [-0.3, -0.25) is 4.99 Å². The molecule has 0 aromatic heterocycles. The van der Waals surface area contributed by atoms with Crippen molar-refractivity contribution < 1.29 is 9.47 Å². The van der Waals surface area contributed by atoms with Gasteiger partial charge in [0.25, 0.3) is 0 Å². The average molecular weight is 324 g/mol. The number of methoxy groups -OCH3 is 2. The monoisotopic (exact) mass is 323 g/mol. The predicted molar refractivity (Wildman–Crippen MR) is 88.0 cm³/mol. The van der Waals surface area contributed by atoms with Crippen molar-refractivity contribution in [3.63, 3.8) is 0 Å². The fourth-order valence-corrected chi connectivity index (χ4v) is 2.21. The third-order valence-electron chi connectivity index (χ3n) is 3.05. The van der Waals surface area contributed by atoms with Crippen LogP contribution in [0.4, 0.5) is 5.69 Å². The number of benzene rings is 2. The van der Waals surface area contributed by atoms with Gasteiger partial charge in [-0.15, -0.1) is 0 Å². The lowest BCUT2D eigenvalue weighted by Gasteiger charge is -2.10. The maximum absolute atomic E-state index is 6.12. The van der Waals surface area contributed by atoms with Crippen molar-refractivity contribution in [2.45, 2.75) is 6.92 Å². The van der Waals surface area contributed by atoms with E-state index in [2.05, 4.69) is 4.99 Å². The normalized spacial score (nSPS) is 10.9. The molecule has 110 valence electrons. The van der Waals surface area contributed by atoms with Crippen LogP contribution >= 0.6 is 23.2 Å². The molecule has 2 rings (SSSR count). The molecule has 0 heterocycles. The van der Waals surface area contributed by atoms with Crippen LogP contribution in [0.25, 0.3) is 0 Å². The SMILES string of the molecule is COc1cc(C)c(C=Nc2cccc(Cl)c2Cl)cc1OC. The van der Waals surface area contributed by atoms with Gasteiger partial charge in [-0.2, -0.15) is 0 Å². The minimum absolute atomic E-state index is 0.438. The Morgan fingerprint density at radius 3 is 2.38 bits per heavy atom. The molecule has 5 heteroatoms. The lowest BCUT2D eigenvalue weighted by molar-refractivity contribution is 0.354. The Morgan fingerprint density at radius 2 is 1.71 bits per heavy atom. The van der Waals surface area contributed by atoms with Crippen LogP contribution in [-0.4, -0.2) is 20.4 Å². The van der Waals surface area contributed by atoms with E-state index in [4.69, 9.17) is 32.7 Å². The Morgan fingerprint density at radius 1 is 1.05 bits per heavy atom. The second-order valence-corrected chi connectivity index (χ2v) is 5.18. The third kappa shape index (κ3) is 3.49. The Kier molecular flexibility index (Phi) is 5.10. The summed E-state index contributed by atoms with van der Waals surface area (Å²) < 4.78 is 10.6. The van der Waals surface area contributed by atoms with Crippen LogP contribution in [0.15, 0.2) is 35.3 Å². The van der Waals surface area contributed by atoms with E-state index < -0.39 is 0 Å². The first-order valence-electron chi connectivity index (χ1n) is 6.27. The minimum atomic E-state index is 0.438. The van der Waals surface area contributed by atoms with Crippen LogP contribution in [0.2, 0.25) is 10.0 Å². The van der Waals surface area contributed by atoms with Crippen LogP contribution in [-0.2, 0) is 0 Å². The molecule has 0 fully saturated rings. The fourth-order valence-electron chi connectivity index (χ4n) is 1.87. The Labute approximate surface area is 134 Å². The van der Waals surface area contributed by atoms with E-state index in [1.54, 1.807) is 32.6 Å². The summed E-state index contributed by atoms with van der Waals surface area (Å²) in [6, 6.07) is 9.11. The summed E-state index contributed by atoms with van der Waals surface area (Å²) in [5, 5.41) is 0.920. The summed E-state index contributed by atoms with van der Waals surface area (Å²) in [7, 11) is 3.21. The highest BCUT2D eigenvalue weighted by Crippen LogP contribution is 2.33. The van der Waals surface area contributed by atoms with Gasteiger partial charge in [0.15, 0.2) is 11.5 Å². The molecule has 0 aliphatic carbocycles. The van der Waals surface area contributed by atoms with Crippen LogP contribution < -0.4 is 9.47 Å². The molecule has 21 heavy (non-hydrogen) atoms. The molecule has 0 aliphatic heterocycles. The number of ether oxygens (including phenoxy) is 2. The molecule has 3 nitrogen and oxygen atoms in total. The van der Waals surface area contributed by atoms with Crippen molar-refractivity contribution in [2.24, 2.45) is 4.99 Å². The quantitative estimate of drug-likeness (QED) is 0.735. The van der Waals surface area contributed by atoms with Gasteiger partial charge in [0.2, 0.25) is 0 Å². The number of nitrogens with zero attached hydrogens (tertiary/aromatic N) is 1. The Bertz CT molecular complexity index is 684. The zero-order valence-corrected chi connectivity index (χ0v) is 13.5. The number of halogens is 2. The van der Waals surface area contributed by atoms with E-state index in [0.29, 0.717) is 27.2 Å². The molecular formula is C16H15Cl2NO2. The van der Waals surface area contributed by atoms with Crippen molar-refractivity contribution in [3.05, 3.63) is 51.5 Å². The molecule has 0 spiro atoms. The standard InChI is InChI=1S/C16H15Cl2NO2/c1-10-7-14(20-2)15(21-3)8-11(10)9-19-13-6-4-5-12(17)16(13)18/h4-9H,1-3H3. The first-order valence-corrected chi connectivity index (χ1v) is 7.03. The smallest absolute Gasteiger partial charge is 0.161 e. The van der Waals surface area contributed by atoms with Crippen LogP contribution in [0.3, 0.4) is 0 Å². The topological polar surface area (TPSA) is 30.8 Å². The van der Waals surface area contributed by atoms with Gasteiger partial charge in [-0.25, -0.2) is 0 Å². The summed E-state index contributed by atoms with van der Waals surface area (Å²) in [6.07, 6.45) is 1.73. The number of aryl methyl sites for hydroxylation is 1. The van der Waals surface area contributed by atoms with Gasteiger partial charge >= 0.3 is 0 Å². The lowest BCUT2D eigenvalue weighted by atomic mass is 10.1. The van der Waals surface area contributed by atoms with Crippen molar-refractivity contribution in [3.8, 4) is 11.5 Å². The van der Waals surface area contributed by atoms with Gasteiger partial charge < -0.3 is 9.47 Å². The largest absolute Gasteiger partial charge is 0.493 e. The molecule has 0 atom stereocenters. The van der Waals surface area contributed by atoms with Crippen LogP contribution in [0.5, 0.6) is 11.5 Å². The highest BCUT2D eigenvalue weighted by molar-refractivity contribution is 6.43. The molecule has 0 radical (unpaired) electrons. The Balaban J connectivity index is 2.39. The molecule has 2 aromatic rings. The van der Waals surface area contributed by atoms with Crippen LogP contribution in [0.1, 0.15) is 11.1 Å². The second-order valence-electron chi connectivity index (χ2n) is 4.39. The van der Waals surface area contributed by atoms with E-state index in [9.17, 15) is 0 Å². The van der Waals surface area contributed by atoms with Gasteiger partial charge in [0.1, 0.15) is 0 Å². The molecule has 0 bridgehead atoms. The molecular weight excluding hydrogens is 309 g/mol. The van der Waals surface area contributed by atoms with E-state index in [1.165, 1.54) is 0 Å². The van der Waals surface area contributed by atoms with Crippen molar-refractivity contribution in [2.75, 3.05) is 14.2 Å². The molecule has 0 N–H and O–H groups in total. The molecule has 0 unspecified atom stereocenters. The Hall–Kier alpha value is -1.71. The lowest BCUT2D eigenvalue weighted by Crippen LogP contribution is -1.95. The third-order valence-corrected chi connectivity index (χ3v) is 3.86. The van der Waals surface area contributed by atoms with Gasteiger partial charge in [-0.1, -0.05) is 29.3 Å². The summed E-state index contributed by atoms with van der Waals surface area (Å²) in [4.78, 5) is 4.39.